The molecule has 8 heteroatoms. The number of alkyl halides is 3. The number of carbonyl (C=O) groups is 2. The molecule has 0 bridgehead atoms. The van der Waals surface area contributed by atoms with Gasteiger partial charge in [0.2, 0.25) is 0 Å². The smallest absolute Gasteiger partial charge is 0.322 e. The SMILES string of the molecule is O=C(Nc1ccc(C(=O)Nc2ccccc2)cc1)Nc1ccc(C(F)(F)F)cc1. The second-order valence-corrected chi connectivity index (χ2v) is 6.05. The maximum Gasteiger partial charge on any atom is 0.416 e. The maximum atomic E-state index is 12.6. The molecule has 0 atom stereocenters. The third-order valence-electron chi connectivity index (χ3n) is 3.91. The van der Waals surface area contributed by atoms with Crippen LogP contribution in [-0.2, 0) is 6.18 Å². The summed E-state index contributed by atoms with van der Waals surface area (Å²) in [6.45, 7) is 0. The van der Waals surface area contributed by atoms with Crippen LogP contribution in [0.15, 0.2) is 78.9 Å². The van der Waals surface area contributed by atoms with Gasteiger partial charge in [-0.2, -0.15) is 13.2 Å². The normalized spacial score (nSPS) is 10.9. The zero-order valence-electron chi connectivity index (χ0n) is 15.0. The predicted octanol–water partition coefficient (Wildman–Crippen LogP) is 5.60. The summed E-state index contributed by atoms with van der Waals surface area (Å²) in [6, 6.07) is 18.6. The summed E-state index contributed by atoms with van der Waals surface area (Å²) in [5.41, 5.74) is 0.908. The van der Waals surface area contributed by atoms with Crippen LogP contribution in [0, 0.1) is 0 Å². The van der Waals surface area contributed by atoms with Crippen molar-refractivity contribution in [2.75, 3.05) is 16.0 Å². The lowest BCUT2D eigenvalue weighted by Crippen LogP contribution is -2.19. The molecule has 5 nitrogen and oxygen atoms in total. The number of urea groups is 1. The number of anilines is 3. The van der Waals surface area contributed by atoms with E-state index >= 15 is 0 Å². The third-order valence-corrected chi connectivity index (χ3v) is 3.91. The number of para-hydroxylation sites is 1. The van der Waals surface area contributed by atoms with Gasteiger partial charge in [0, 0.05) is 22.6 Å². The molecule has 0 heterocycles. The molecular formula is C21H16F3N3O2. The fourth-order valence-corrected chi connectivity index (χ4v) is 2.47. The number of carbonyl (C=O) groups excluding carboxylic acids is 2. The highest BCUT2D eigenvalue weighted by atomic mass is 19.4. The number of hydrogen-bond acceptors (Lipinski definition) is 2. The van der Waals surface area contributed by atoms with Crippen LogP contribution in [0.1, 0.15) is 15.9 Å². The first-order valence-corrected chi connectivity index (χ1v) is 8.53. The Morgan fingerprint density at radius 1 is 0.621 bits per heavy atom. The quantitative estimate of drug-likeness (QED) is 0.534. The first-order valence-electron chi connectivity index (χ1n) is 8.53. The van der Waals surface area contributed by atoms with Crippen molar-refractivity contribution in [1.29, 1.82) is 0 Å². The fourth-order valence-electron chi connectivity index (χ4n) is 2.47. The highest BCUT2D eigenvalue weighted by Gasteiger charge is 2.29. The fraction of sp³-hybridized carbons (Fsp3) is 0.0476. The Morgan fingerprint density at radius 2 is 1.10 bits per heavy atom. The van der Waals surface area contributed by atoms with Crippen LogP contribution in [0.25, 0.3) is 0 Å². The standard InChI is InChI=1S/C21H16F3N3O2/c22-21(23,24)15-8-12-18(13-9-15)27-20(29)26-17-10-6-14(7-11-17)19(28)25-16-4-2-1-3-5-16/h1-13H,(H,25,28)(H2,26,27,29). The van der Waals surface area contributed by atoms with E-state index in [1.54, 1.807) is 48.5 Å². The van der Waals surface area contributed by atoms with Crippen LogP contribution in [0.2, 0.25) is 0 Å². The Labute approximate surface area is 164 Å². The van der Waals surface area contributed by atoms with Gasteiger partial charge in [0.05, 0.1) is 5.56 Å². The minimum absolute atomic E-state index is 0.217. The van der Waals surface area contributed by atoms with E-state index in [-0.39, 0.29) is 11.6 Å². The molecule has 0 spiro atoms. The Bertz CT molecular complexity index is 986. The summed E-state index contributed by atoms with van der Waals surface area (Å²) < 4.78 is 37.7. The van der Waals surface area contributed by atoms with Gasteiger partial charge in [-0.25, -0.2) is 4.79 Å². The van der Waals surface area contributed by atoms with Crippen LogP contribution in [0.3, 0.4) is 0 Å². The third kappa shape index (κ3) is 5.58. The molecule has 3 amide bonds. The van der Waals surface area contributed by atoms with E-state index in [0.29, 0.717) is 16.9 Å². The molecule has 0 aromatic heterocycles. The minimum atomic E-state index is -4.44. The lowest BCUT2D eigenvalue weighted by atomic mass is 10.2. The summed E-state index contributed by atoms with van der Waals surface area (Å²) in [6.07, 6.45) is -4.44. The Balaban J connectivity index is 1.56. The van der Waals surface area contributed by atoms with Crippen molar-refractivity contribution in [2.45, 2.75) is 6.18 Å². The molecule has 0 unspecified atom stereocenters. The Morgan fingerprint density at radius 3 is 1.62 bits per heavy atom. The lowest BCUT2D eigenvalue weighted by Gasteiger charge is -2.10. The topological polar surface area (TPSA) is 70.2 Å². The molecule has 0 saturated carbocycles. The Kier molecular flexibility index (Phi) is 5.82. The van der Waals surface area contributed by atoms with Gasteiger partial charge < -0.3 is 16.0 Å². The number of amides is 3. The van der Waals surface area contributed by atoms with Gasteiger partial charge in [0.25, 0.3) is 5.91 Å². The molecule has 3 rings (SSSR count). The van der Waals surface area contributed by atoms with E-state index in [2.05, 4.69) is 16.0 Å². The van der Waals surface area contributed by atoms with Crippen LogP contribution in [-0.4, -0.2) is 11.9 Å². The predicted molar refractivity (Wildman–Crippen MR) is 105 cm³/mol. The minimum Gasteiger partial charge on any atom is -0.322 e. The van der Waals surface area contributed by atoms with Crippen molar-refractivity contribution < 1.29 is 22.8 Å². The van der Waals surface area contributed by atoms with Crippen molar-refractivity contribution in [1.82, 2.24) is 0 Å². The summed E-state index contributed by atoms with van der Waals surface area (Å²) in [7, 11) is 0. The molecule has 0 fully saturated rings. The zero-order chi connectivity index (χ0) is 20.9. The summed E-state index contributed by atoms with van der Waals surface area (Å²) in [5, 5.41) is 7.74. The highest BCUT2D eigenvalue weighted by molar-refractivity contribution is 6.05. The van der Waals surface area contributed by atoms with Crippen molar-refractivity contribution in [2.24, 2.45) is 0 Å². The first kappa shape index (κ1) is 19.9. The van der Waals surface area contributed by atoms with Crippen molar-refractivity contribution in [3.8, 4) is 0 Å². The Hall–Kier alpha value is -3.81. The molecule has 3 N–H and O–H groups in total. The van der Waals surface area contributed by atoms with Gasteiger partial charge in [-0.05, 0) is 60.7 Å². The summed E-state index contributed by atoms with van der Waals surface area (Å²) in [4.78, 5) is 24.2. The monoisotopic (exact) mass is 399 g/mol. The molecule has 3 aromatic carbocycles. The molecule has 0 saturated heterocycles. The number of benzene rings is 3. The van der Waals surface area contributed by atoms with Gasteiger partial charge in [-0.1, -0.05) is 18.2 Å². The number of nitrogens with one attached hydrogen (secondary N) is 3. The van der Waals surface area contributed by atoms with Crippen molar-refractivity contribution in [3.05, 3.63) is 90.0 Å². The summed E-state index contributed by atoms with van der Waals surface area (Å²) >= 11 is 0. The largest absolute Gasteiger partial charge is 0.416 e. The van der Waals surface area contributed by atoms with Crippen molar-refractivity contribution in [3.63, 3.8) is 0 Å². The van der Waals surface area contributed by atoms with Gasteiger partial charge in [-0.3, -0.25) is 4.79 Å². The van der Waals surface area contributed by atoms with E-state index < -0.39 is 17.8 Å². The molecule has 3 aromatic rings. The highest BCUT2D eigenvalue weighted by Crippen LogP contribution is 2.29. The second-order valence-electron chi connectivity index (χ2n) is 6.05. The van der Waals surface area contributed by atoms with Crippen LogP contribution >= 0.6 is 0 Å². The van der Waals surface area contributed by atoms with Gasteiger partial charge in [-0.15, -0.1) is 0 Å². The van der Waals surface area contributed by atoms with E-state index in [4.69, 9.17) is 0 Å². The maximum absolute atomic E-state index is 12.6. The average molecular weight is 399 g/mol. The zero-order valence-corrected chi connectivity index (χ0v) is 15.0. The molecule has 0 aliphatic rings. The lowest BCUT2D eigenvalue weighted by molar-refractivity contribution is -0.137. The van der Waals surface area contributed by atoms with Crippen molar-refractivity contribution >= 4 is 29.0 Å². The molecule has 0 aliphatic carbocycles. The number of halogens is 3. The molecule has 148 valence electrons. The number of hydrogen-bond donors (Lipinski definition) is 3. The van der Waals surface area contributed by atoms with Crippen LogP contribution < -0.4 is 16.0 Å². The molecular weight excluding hydrogens is 383 g/mol. The number of rotatable bonds is 4. The average Bonchev–Trinajstić information content (AvgIpc) is 2.69. The molecule has 29 heavy (non-hydrogen) atoms. The molecule has 0 aliphatic heterocycles. The summed E-state index contributed by atoms with van der Waals surface area (Å²) in [5.74, 6) is -0.294. The van der Waals surface area contributed by atoms with Gasteiger partial charge in [0.15, 0.2) is 0 Å². The van der Waals surface area contributed by atoms with Crippen LogP contribution in [0.5, 0.6) is 0 Å². The molecule has 0 radical (unpaired) electrons. The van der Waals surface area contributed by atoms with E-state index in [0.717, 1.165) is 12.1 Å². The van der Waals surface area contributed by atoms with E-state index in [1.807, 2.05) is 6.07 Å². The second kappa shape index (κ2) is 8.47. The van der Waals surface area contributed by atoms with Crippen LogP contribution in [0.4, 0.5) is 35.0 Å². The van der Waals surface area contributed by atoms with Gasteiger partial charge >= 0.3 is 12.2 Å². The van der Waals surface area contributed by atoms with Gasteiger partial charge in [0.1, 0.15) is 0 Å². The van der Waals surface area contributed by atoms with E-state index in [9.17, 15) is 22.8 Å². The first-order chi connectivity index (χ1) is 13.8. The van der Waals surface area contributed by atoms with E-state index in [1.165, 1.54) is 12.1 Å².